The van der Waals surface area contributed by atoms with E-state index in [1.807, 2.05) is 160 Å². The minimum absolute atomic E-state index is 0.0664. The van der Waals surface area contributed by atoms with Gasteiger partial charge in [-0.25, -0.2) is 24.7 Å². The molecule has 4 amide bonds. The number of carbonyl (C=O) groups excluding carboxylic acids is 5. The lowest BCUT2D eigenvalue weighted by Crippen LogP contribution is -2.28. The van der Waals surface area contributed by atoms with Crippen molar-refractivity contribution in [2.24, 2.45) is 25.7 Å². The summed E-state index contributed by atoms with van der Waals surface area (Å²) in [4.78, 5) is 112. The molecule has 10 heterocycles. The molecule has 580 valence electrons. The van der Waals surface area contributed by atoms with E-state index in [1.165, 1.54) is 17.7 Å². The van der Waals surface area contributed by atoms with Crippen LogP contribution in [-0.2, 0) is 51.8 Å². The second kappa shape index (κ2) is 37.3. The number of fused-ring (bicyclic) bond motifs is 5. The van der Waals surface area contributed by atoms with Crippen molar-refractivity contribution in [3.8, 4) is 11.8 Å². The number of aliphatic hydroxyl groups is 2. The standard InChI is InChI=1S/C32H32N8O4S.C17H19N3O2S.C13H14N6O.C12H13NO2S.C5H8N2O/c1-19-36-26(30(41)40(19)3)16-24-14-22-8-9-23(15-27(22)45-24)39(2)12-13-43-32(42)35-17-20-4-6-21(7-5-20)18-44-29-28-25(10-11-34-28)37-31(33)38-29;1-11-18-15(17(22)20(11)3)10-14-8-12-4-5-13(9-16(12)23-14)19(2)6-7-21;14-5-8-1-3-9(4-2-8)6-20-12-10-11(17-7-16-10)18-13(15)19-12;1-13(4-5-14)10-3-2-9-6-11(8-15)16-12(9)7-10;1-4-6-3-5(8)7(4)2/h4-9,11,14-16H,10,12-13,17-18H2,1-3H3,(H,35,42)(H2,33,37,38);4-5,8-10,21H,6-7H2,1-3H3;1-4,7H,5-6,14H2,(H3,15,16,17,18,19);2-3,6-8,14H,4-5H2,1H3;3H2,1-2H3/b26-16+;15-10+;;;. The van der Waals surface area contributed by atoms with Crippen molar-refractivity contribution < 1.29 is 48.4 Å². The number of aromatic amines is 1. The fourth-order valence-electron chi connectivity index (χ4n) is 11.3. The predicted octanol–water partition coefficient (Wildman–Crippen LogP) is 10.3. The van der Waals surface area contributed by atoms with Gasteiger partial charge < -0.3 is 71.5 Å². The number of aromatic nitrogens is 6. The lowest BCUT2D eigenvalue weighted by Gasteiger charge is -2.19. The van der Waals surface area contributed by atoms with Gasteiger partial charge in [0.15, 0.2) is 11.9 Å². The van der Waals surface area contributed by atoms with E-state index in [1.54, 1.807) is 64.7 Å². The van der Waals surface area contributed by atoms with E-state index < -0.39 is 6.09 Å². The van der Waals surface area contributed by atoms with Crippen LogP contribution in [-0.4, -0.2) is 197 Å². The summed E-state index contributed by atoms with van der Waals surface area (Å²) >= 11 is 4.72. The van der Waals surface area contributed by atoms with Crippen molar-refractivity contribution in [3.05, 3.63) is 182 Å². The molecular weight excluding hydrogens is 1490 g/mol. The van der Waals surface area contributed by atoms with Crippen LogP contribution in [0.5, 0.6) is 11.8 Å². The van der Waals surface area contributed by atoms with Crippen molar-refractivity contribution in [3.63, 3.8) is 0 Å². The number of H-pyrrole nitrogens is 1. The lowest BCUT2D eigenvalue weighted by atomic mass is 10.1. The Hall–Kier alpha value is -12.4. The number of alkyl carbamates (subject to hydrolysis) is 1. The molecule has 6 aromatic heterocycles. The Morgan fingerprint density at radius 3 is 1.56 bits per heavy atom. The first-order valence-electron chi connectivity index (χ1n) is 35.4. The SMILES string of the molecule is CC1=N/C(=C/c2cc3ccc(N(C)CCO)cc3s2)C(=O)N1C.CC1=N/C(=C/c2cc3ccc(N(C)CCOC(=O)NCc4ccc(COc5nc(N)nc6c5N=CC6)cc4)cc3s2)C(=O)N1C.CC1=NCC(=O)N1C.CN(CCO)c1ccc2cc(C=O)sc2c1.NCc1ccc(COc2nc(N)nc3nc[nH]c23)cc1. The number of thiophene rings is 3. The van der Waals surface area contributed by atoms with Gasteiger partial charge in [0.05, 0.1) is 36.7 Å². The summed E-state index contributed by atoms with van der Waals surface area (Å²) in [6.45, 7) is 9.57. The number of amidine groups is 3. The molecule has 33 heteroatoms. The number of hydrogen-bond acceptors (Lipinski definition) is 28. The van der Waals surface area contributed by atoms with Crippen LogP contribution in [0, 0.1) is 0 Å². The van der Waals surface area contributed by atoms with Crippen molar-refractivity contribution in [2.75, 3.05) is 114 Å². The van der Waals surface area contributed by atoms with Gasteiger partial charge in [0.2, 0.25) is 29.6 Å². The zero-order valence-electron chi connectivity index (χ0n) is 63.2. The molecule has 112 heavy (non-hydrogen) atoms. The van der Waals surface area contributed by atoms with Crippen LogP contribution in [0.3, 0.4) is 0 Å². The zero-order valence-corrected chi connectivity index (χ0v) is 65.7. The molecule has 0 radical (unpaired) electrons. The van der Waals surface area contributed by atoms with Crippen LogP contribution in [0.15, 0.2) is 159 Å². The predicted molar refractivity (Wildman–Crippen MR) is 445 cm³/mol. The highest BCUT2D eigenvalue weighted by molar-refractivity contribution is 7.21. The zero-order chi connectivity index (χ0) is 79.7. The van der Waals surface area contributed by atoms with Gasteiger partial charge in [0.25, 0.3) is 11.8 Å². The van der Waals surface area contributed by atoms with Gasteiger partial charge in [-0.3, -0.25) is 39.0 Å². The van der Waals surface area contributed by atoms with Crippen LogP contribution in [0.2, 0.25) is 0 Å². The topological polar surface area (TPSA) is 393 Å². The number of imidazole rings is 1. The average Bonchev–Trinajstić information content (AvgIpc) is 1.66. The quantitative estimate of drug-likeness (QED) is 0.0245. The van der Waals surface area contributed by atoms with E-state index >= 15 is 0 Å². The van der Waals surface area contributed by atoms with Crippen LogP contribution < -0.4 is 46.7 Å². The van der Waals surface area contributed by atoms with E-state index in [0.717, 1.165) is 108 Å². The molecule has 0 fully saturated rings. The molecule has 15 rings (SSSR count). The third-order valence-electron chi connectivity index (χ3n) is 18.2. The smallest absolute Gasteiger partial charge is 0.407 e. The first kappa shape index (κ1) is 80.6. The first-order chi connectivity index (χ1) is 53.9. The normalized spacial score (nSPS) is 14.1. The highest BCUT2D eigenvalue weighted by Gasteiger charge is 2.26. The number of nitrogens with zero attached hydrogens (tertiary/aromatic N) is 15. The van der Waals surface area contributed by atoms with Crippen molar-refractivity contribution in [1.29, 1.82) is 0 Å². The Morgan fingerprint density at radius 1 is 0.607 bits per heavy atom. The number of nitrogens with two attached hydrogens (primary N) is 3. The Morgan fingerprint density at radius 2 is 1.09 bits per heavy atom. The molecular formula is C79H86N20O10S3. The van der Waals surface area contributed by atoms with Crippen LogP contribution >= 0.6 is 34.0 Å². The Labute approximate surface area is 657 Å². The third-order valence-corrected chi connectivity index (χ3v) is 21.3. The van der Waals surface area contributed by atoms with Gasteiger partial charge in [-0.2, -0.15) is 15.0 Å². The van der Waals surface area contributed by atoms with Gasteiger partial charge in [-0.1, -0.05) is 66.7 Å². The van der Waals surface area contributed by atoms with Crippen LogP contribution in [0.4, 0.5) is 39.4 Å². The number of nitrogens with one attached hydrogen (secondary N) is 2. The maximum atomic E-state index is 12.3. The molecule has 4 aliphatic heterocycles. The number of benzene rings is 5. The number of nitrogen functional groups attached to an aromatic ring is 2. The number of likely N-dealkylation sites (N-methyl/N-ethyl adjacent to an activating group) is 6. The molecule has 0 unspecified atom stereocenters. The van der Waals surface area contributed by atoms with Crippen molar-refractivity contribution in [2.45, 2.75) is 53.5 Å². The van der Waals surface area contributed by atoms with E-state index in [4.69, 9.17) is 41.6 Å². The van der Waals surface area contributed by atoms with Crippen molar-refractivity contribution >= 4 is 176 Å². The second-order valence-electron chi connectivity index (χ2n) is 26.0. The fourth-order valence-corrected chi connectivity index (χ4v) is 14.3. The Balaban J connectivity index is 0.000000155. The molecule has 0 saturated carbocycles. The number of carbonyl (C=O) groups is 5. The molecule has 5 aromatic carbocycles. The first-order valence-corrected chi connectivity index (χ1v) is 37.9. The summed E-state index contributed by atoms with van der Waals surface area (Å²) < 4.78 is 20.3. The molecule has 11 aromatic rings. The summed E-state index contributed by atoms with van der Waals surface area (Å²) in [5.41, 5.74) is 27.5. The van der Waals surface area contributed by atoms with E-state index in [2.05, 4.69) is 85.5 Å². The summed E-state index contributed by atoms with van der Waals surface area (Å²) in [5.74, 6) is 3.21. The largest absolute Gasteiger partial charge is 0.471 e. The highest BCUT2D eigenvalue weighted by atomic mass is 32.1. The summed E-state index contributed by atoms with van der Waals surface area (Å²) in [7, 11) is 11.0. The van der Waals surface area contributed by atoms with Gasteiger partial charge in [-0.15, -0.1) is 34.0 Å². The maximum absolute atomic E-state index is 12.3. The summed E-state index contributed by atoms with van der Waals surface area (Å²) in [5, 5.41) is 24.0. The number of hydrogen-bond donors (Lipinski definition) is 7. The Bertz CT molecular complexity index is 5460. The van der Waals surface area contributed by atoms with Crippen LogP contribution in [0.25, 0.3) is 53.6 Å². The fraction of sp³-hybridized carbons (Fsp3) is 0.266. The summed E-state index contributed by atoms with van der Waals surface area (Å²) in [6, 6.07) is 40.0. The minimum atomic E-state index is -0.483. The molecule has 4 aliphatic rings. The molecule has 0 saturated heterocycles. The van der Waals surface area contributed by atoms with E-state index in [-0.39, 0.29) is 49.4 Å². The van der Waals surface area contributed by atoms with Gasteiger partial charge in [0.1, 0.15) is 66.5 Å². The van der Waals surface area contributed by atoms with Crippen LogP contribution in [0.1, 0.15) is 68.1 Å². The number of aliphatic hydroxyl groups excluding tert-OH is 2. The third kappa shape index (κ3) is 20.5. The second-order valence-corrected chi connectivity index (χ2v) is 29.3. The van der Waals surface area contributed by atoms with E-state index in [0.29, 0.717) is 105 Å². The van der Waals surface area contributed by atoms with Gasteiger partial charge in [-0.05, 0) is 126 Å². The lowest BCUT2D eigenvalue weighted by molar-refractivity contribution is -0.124. The number of anilines is 5. The number of ether oxygens (including phenoxy) is 3. The average molecular weight is 1570 g/mol. The molecule has 0 bridgehead atoms. The number of aldehydes is 1. The maximum Gasteiger partial charge on any atom is 0.407 e. The monoisotopic (exact) mass is 1570 g/mol. The minimum Gasteiger partial charge on any atom is -0.471 e. The van der Waals surface area contributed by atoms with Gasteiger partial charge >= 0.3 is 6.09 Å². The number of amides is 4. The van der Waals surface area contributed by atoms with Gasteiger partial charge in [0, 0.05) is 122 Å². The molecule has 10 N–H and O–H groups in total. The summed E-state index contributed by atoms with van der Waals surface area (Å²) in [6.07, 6.45) is 7.97. The Kier molecular flexibility index (Phi) is 26.9. The van der Waals surface area contributed by atoms with E-state index in [9.17, 15) is 24.0 Å². The number of rotatable bonds is 22. The molecule has 0 spiro atoms. The van der Waals surface area contributed by atoms with Crippen molar-refractivity contribution in [1.82, 2.24) is 49.9 Å². The molecule has 0 aliphatic carbocycles. The molecule has 30 nitrogen and oxygen atoms in total. The molecule has 0 atom stereocenters. The highest BCUT2D eigenvalue weighted by Crippen LogP contribution is 2.36. The number of aliphatic imine (C=N–C) groups is 4.